The molecule has 2 atom stereocenters. The SMILES string of the molecule is CCC(C)C(NCc1ccc2c(c1)CCO2)C(=O)OC. The number of benzene rings is 1. The molecule has 0 spiro atoms. The Hall–Kier alpha value is -1.55. The number of esters is 1. The second-order valence-electron chi connectivity index (χ2n) is 5.31. The molecule has 1 N–H and O–H groups in total. The highest BCUT2D eigenvalue weighted by atomic mass is 16.5. The fourth-order valence-corrected chi connectivity index (χ4v) is 2.46. The molecule has 1 heterocycles. The fraction of sp³-hybridized carbons (Fsp3) is 0.562. The molecule has 1 aromatic rings. The van der Waals surface area contributed by atoms with Gasteiger partial charge in [0.25, 0.3) is 0 Å². The summed E-state index contributed by atoms with van der Waals surface area (Å²) in [4.78, 5) is 11.8. The Morgan fingerprint density at radius 1 is 1.50 bits per heavy atom. The standard InChI is InChI=1S/C16H23NO3/c1-4-11(2)15(16(18)19-3)17-10-12-5-6-14-13(9-12)7-8-20-14/h5-6,9,11,15,17H,4,7-8,10H2,1-3H3. The van der Waals surface area contributed by atoms with Gasteiger partial charge in [0.15, 0.2) is 0 Å². The molecule has 0 amide bonds. The lowest BCUT2D eigenvalue weighted by atomic mass is 9.99. The minimum absolute atomic E-state index is 0.191. The molecule has 4 heteroatoms. The first-order valence-electron chi connectivity index (χ1n) is 7.21. The fourth-order valence-electron chi connectivity index (χ4n) is 2.46. The van der Waals surface area contributed by atoms with Gasteiger partial charge in [0, 0.05) is 13.0 Å². The van der Waals surface area contributed by atoms with Crippen molar-refractivity contribution < 1.29 is 14.3 Å². The van der Waals surface area contributed by atoms with Crippen molar-refractivity contribution in [3.63, 3.8) is 0 Å². The maximum Gasteiger partial charge on any atom is 0.323 e. The van der Waals surface area contributed by atoms with Gasteiger partial charge < -0.3 is 14.8 Å². The normalized spacial score (nSPS) is 16.1. The molecule has 0 aliphatic carbocycles. The molecule has 1 aliphatic heterocycles. The van der Waals surface area contributed by atoms with E-state index in [0.29, 0.717) is 6.54 Å². The summed E-state index contributed by atoms with van der Waals surface area (Å²) in [6, 6.07) is 5.95. The van der Waals surface area contributed by atoms with Gasteiger partial charge in [-0.25, -0.2) is 0 Å². The van der Waals surface area contributed by atoms with Crippen molar-refractivity contribution in [1.82, 2.24) is 5.32 Å². The van der Waals surface area contributed by atoms with Gasteiger partial charge in [-0.05, 0) is 23.1 Å². The maximum absolute atomic E-state index is 11.8. The Morgan fingerprint density at radius 2 is 2.30 bits per heavy atom. The average molecular weight is 277 g/mol. The van der Waals surface area contributed by atoms with Crippen molar-refractivity contribution in [2.45, 2.75) is 39.3 Å². The average Bonchev–Trinajstić information content (AvgIpc) is 2.94. The summed E-state index contributed by atoms with van der Waals surface area (Å²) in [5.74, 6) is 1.05. The van der Waals surface area contributed by atoms with E-state index in [1.165, 1.54) is 18.2 Å². The first kappa shape index (κ1) is 14.9. The molecule has 20 heavy (non-hydrogen) atoms. The molecule has 0 saturated carbocycles. The molecule has 4 nitrogen and oxygen atoms in total. The number of fused-ring (bicyclic) bond motifs is 1. The Morgan fingerprint density at radius 3 is 3.00 bits per heavy atom. The summed E-state index contributed by atoms with van der Waals surface area (Å²) in [6.45, 7) is 5.57. The van der Waals surface area contributed by atoms with Gasteiger partial charge in [-0.3, -0.25) is 4.79 Å². The molecule has 0 saturated heterocycles. The van der Waals surface area contributed by atoms with E-state index < -0.39 is 0 Å². The number of hydrogen-bond acceptors (Lipinski definition) is 4. The van der Waals surface area contributed by atoms with E-state index in [1.807, 2.05) is 12.1 Å². The van der Waals surface area contributed by atoms with Crippen LogP contribution in [-0.4, -0.2) is 25.7 Å². The lowest BCUT2D eigenvalue weighted by Crippen LogP contribution is -2.42. The summed E-state index contributed by atoms with van der Waals surface area (Å²) >= 11 is 0. The Labute approximate surface area is 120 Å². The van der Waals surface area contributed by atoms with Gasteiger partial charge >= 0.3 is 5.97 Å². The minimum Gasteiger partial charge on any atom is -0.493 e. The van der Waals surface area contributed by atoms with Crippen LogP contribution in [-0.2, 0) is 22.5 Å². The van der Waals surface area contributed by atoms with Crippen LogP contribution >= 0.6 is 0 Å². The second-order valence-corrected chi connectivity index (χ2v) is 5.31. The van der Waals surface area contributed by atoms with Crippen molar-refractivity contribution in [3.05, 3.63) is 29.3 Å². The first-order chi connectivity index (χ1) is 9.65. The summed E-state index contributed by atoms with van der Waals surface area (Å²) < 4.78 is 10.4. The van der Waals surface area contributed by atoms with Crippen molar-refractivity contribution in [2.24, 2.45) is 5.92 Å². The maximum atomic E-state index is 11.8. The van der Waals surface area contributed by atoms with Crippen LogP contribution in [0, 0.1) is 5.92 Å². The van der Waals surface area contributed by atoms with E-state index in [9.17, 15) is 4.79 Å². The van der Waals surface area contributed by atoms with E-state index in [2.05, 4.69) is 25.2 Å². The lowest BCUT2D eigenvalue weighted by Gasteiger charge is -2.22. The third-order valence-corrected chi connectivity index (χ3v) is 3.95. The highest BCUT2D eigenvalue weighted by Crippen LogP contribution is 2.25. The first-order valence-corrected chi connectivity index (χ1v) is 7.21. The van der Waals surface area contributed by atoms with Crippen LogP contribution in [0.3, 0.4) is 0 Å². The van der Waals surface area contributed by atoms with Gasteiger partial charge in [-0.2, -0.15) is 0 Å². The zero-order valence-corrected chi connectivity index (χ0v) is 12.4. The number of nitrogens with one attached hydrogen (secondary N) is 1. The number of ether oxygens (including phenoxy) is 2. The van der Waals surface area contributed by atoms with Gasteiger partial charge in [-0.1, -0.05) is 32.4 Å². The van der Waals surface area contributed by atoms with Crippen LogP contribution in [0.5, 0.6) is 5.75 Å². The highest BCUT2D eigenvalue weighted by Gasteiger charge is 2.24. The zero-order valence-electron chi connectivity index (χ0n) is 12.4. The third-order valence-electron chi connectivity index (χ3n) is 3.95. The molecular formula is C16H23NO3. The minimum atomic E-state index is -0.255. The monoisotopic (exact) mass is 277 g/mol. The summed E-state index contributed by atoms with van der Waals surface area (Å²) in [5.41, 5.74) is 2.42. The molecule has 0 aromatic heterocycles. The quantitative estimate of drug-likeness (QED) is 0.811. The molecule has 0 bridgehead atoms. The van der Waals surface area contributed by atoms with Gasteiger partial charge in [0.1, 0.15) is 11.8 Å². The third kappa shape index (κ3) is 3.31. The predicted molar refractivity (Wildman–Crippen MR) is 77.7 cm³/mol. The number of carbonyl (C=O) groups is 1. The molecule has 1 aliphatic rings. The van der Waals surface area contributed by atoms with Crippen molar-refractivity contribution in [3.8, 4) is 5.75 Å². The summed E-state index contributed by atoms with van der Waals surface area (Å²) in [7, 11) is 1.44. The molecule has 110 valence electrons. The van der Waals surface area contributed by atoms with E-state index in [-0.39, 0.29) is 17.9 Å². The summed E-state index contributed by atoms with van der Waals surface area (Å²) in [6.07, 6.45) is 1.90. The largest absolute Gasteiger partial charge is 0.493 e. The smallest absolute Gasteiger partial charge is 0.323 e. The second kappa shape index (κ2) is 6.75. The number of hydrogen-bond donors (Lipinski definition) is 1. The number of methoxy groups -OCH3 is 1. The highest BCUT2D eigenvalue weighted by molar-refractivity contribution is 5.76. The van der Waals surface area contributed by atoms with Gasteiger partial charge in [0.2, 0.25) is 0 Å². The van der Waals surface area contributed by atoms with Crippen LogP contribution < -0.4 is 10.1 Å². The molecule has 2 rings (SSSR count). The number of rotatable bonds is 6. The molecular weight excluding hydrogens is 254 g/mol. The van der Waals surface area contributed by atoms with Crippen LogP contribution in [0.15, 0.2) is 18.2 Å². The van der Waals surface area contributed by atoms with Crippen molar-refractivity contribution in [1.29, 1.82) is 0 Å². The van der Waals surface area contributed by atoms with Gasteiger partial charge in [-0.15, -0.1) is 0 Å². The predicted octanol–water partition coefficient (Wildman–Crippen LogP) is 2.30. The van der Waals surface area contributed by atoms with Crippen LogP contribution in [0.1, 0.15) is 31.4 Å². The van der Waals surface area contributed by atoms with Crippen LogP contribution in [0.2, 0.25) is 0 Å². The van der Waals surface area contributed by atoms with Gasteiger partial charge in [0.05, 0.1) is 13.7 Å². The van der Waals surface area contributed by atoms with Crippen molar-refractivity contribution in [2.75, 3.05) is 13.7 Å². The zero-order chi connectivity index (χ0) is 14.5. The topological polar surface area (TPSA) is 47.6 Å². The van der Waals surface area contributed by atoms with E-state index >= 15 is 0 Å². The van der Waals surface area contributed by atoms with E-state index in [0.717, 1.165) is 25.2 Å². The Bertz CT molecular complexity index is 473. The Kier molecular flexibility index (Phi) is 5.01. The van der Waals surface area contributed by atoms with Crippen molar-refractivity contribution >= 4 is 5.97 Å². The molecule has 0 fully saturated rings. The lowest BCUT2D eigenvalue weighted by molar-refractivity contribution is -0.144. The van der Waals surface area contributed by atoms with E-state index in [4.69, 9.17) is 9.47 Å². The van der Waals surface area contributed by atoms with Crippen LogP contribution in [0.4, 0.5) is 0 Å². The molecule has 2 unspecified atom stereocenters. The summed E-state index contributed by atoms with van der Waals surface area (Å²) in [5, 5.41) is 3.31. The van der Waals surface area contributed by atoms with Crippen LogP contribution in [0.25, 0.3) is 0 Å². The van der Waals surface area contributed by atoms with E-state index in [1.54, 1.807) is 0 Å². The number of carbonyl (C=O) groups excluding carboxylic acids is 1. The molecule has 1 aromatic carbocycles. The molecule has 0 radical (unpaired) electrons. The Balaban J connectivity index is 2.00.